The molecule has 2 unspecified atom stereocenters. The van der Waals surface area contributed by atoms with E-state index in [0.717, 1.165) is 19.3 Å². The summed E-state index contributed by atoms with van der Waals surface area (Å²) in [6.45, 7) is 1.72. The minimum absolute atomic E-state index is 0.0785. The van der Waals surface area contributed by atoms with E-state index in [2.05, 4.69) is 10.5 Å². The first kappa shape index (κ1) is 21.6. The van der Waals surface area contributed by atoms with Crippen molar-refractivity contribution in [2.45, 2.75) is 51.1 Å². The summed E-state index contributed by atoms with van der Waals surface area (Å²) in [5, 5.41) is 8.82. The van der Waals surface area contributed by atoms with Gasteiger partial charge in [-0.05, 0) is 62.4 Å². The van der Waals surface area contributed by atoms with Crippen molar-refractivity contribution in [3.63, 3.8) is 0 Å². The number of aromatic nitrogens is 2. The first-order chi connectivity index (χ1) is 15.9. The average molecular weight is 468 g/mol. The maximum Gasteiger partial charge on any atom is 0.264 e. The highest BCUT2D eigenvalue weighted by atomic mass is 35.5. The second-order valence-corrected chi connectivity index (χ2v) is 9.07. The quantitative estimate of drug-likeness (QED) is 0.453. The van der Waals surface area contributed by atoms with Gasteiger partial charge in [-0.2, -0.15) is 0 Å². The third-order valence-corrected chi connectivity index (χ3v) is 6.73. The summed E-state index contributed by atoms with van der Waals surface area (Å²) in [6.07, 6.45) is 3.24. The third-order valence-electron chi connectivity index (χ3n) is 6.41. The van der Waals surface area contributed by atoms with Crippen molar-refractivity contribution in [1.82, 2.24) is 15.0 Å². The average Bonchev–Trinajstić information content (AvgIpc) is 3.16. The van der Waals surface area contributed by atoms with Crippen LogP contribution in [0.25, 0.3) is 21.8 Å². The van der Waals surface area contributed by atoms with Crippen LogP contribution >= 0.6 is 11.6 Å². The topological polar surface area (TPSA) is 77.1 Å². The predicted octanol–water partition coefficient (Wildman–Crippen LogP) is 5.09. The van der Waals surface area contributed by atoms with Crippen molar-refractivity contribution in [2.75, 3.05) is 0 Å². The van der Waals surface area contributed by atoms with E-state index < -0.39 is 0 Å². The Labute approximate surface area is 194 Å². The number of rotatable bonds is 4. The van der Waals surface area contributed by atoms with Crippen molar-refractivity contribution in [3.8, 4) is 0 Å². The van der Waals surface area contributed by atoms with Gasteiger partial charge in [0.25, 0.3) is 5.56 Å². The van der Waals surface area contributed by atoms with E-state index in [1.54, 1.807) is 29.7 Å². The van der Waals surface area contributed by atoms with Gasteiger partial charge in [0.1, 0.15) is 22.5 Å². The number of fused-ring (bicyclic) bond motifs is 3. The summed E-state index contributed by atoms with van der Waals surface area (Å²) in [7, 11) is 0. The van der Waals surface area contributed by atoms with Crippen molar-refractivity contribution < 1.29 is 13.7 Å². The van der Waals surface area contributed by atoms with E-state index in [-0.39, 0.29) is 35.8 Å². The second kappa shape index (κ2) is 8.63. The van der Waals surface area contributed by atoms with Gasteiger partial charge in [-0.1, -0.05) is 35.0 Å². The molecule has 1 amide bonds. The zero-order chi connectivity index (χ0) is 23.1. The molecule has 0 spiro atoms. The van der Waals surface area contributed by atoms with E-state index >= 15 is 0 Å². The molecule has 1 aliphatic carbocycles. The smallest absolute Gasteiger partial charge is 0.264 e. The van der Waals surface area contributed by atoms with E-state index in [1.807, 2.05) is 12.1 Å². The van der Waals surface area contributed by atoms with Gasteiger partial charge in [0.05, 0.1) is 17.0 Å². The number of nitrogens with zero attached hydrogens (tertiary/aromatic N) is 2. The van der Waals surface area contributed by atoms with Crippen LogP contribution in [0.1, 0.15) is 43.0 Å². The van der Waals surface area contributed by atoms with Gasteiger partial charge in [0, 0.05) is 17.5 Å². The highest BCUT2D eigenvalue weighted by Gasteiger charge is 2.28. The number of carbonyl (C=O) groups is 1. The molecule has 8 heteroatoms. The molecule has 2 heterocycles. The lowest BCUT2D eigenvalue weighted by Crippen LogP contribution is -2.41. The summed E-state index contributed by atoms with van der Waals surface area (Å²) in [5.74, 6) is -0.0551. The van der Waals surface area contributed by atoms with Crippen molar-refractivity contribution in [2.24, 2.45) is 0 Å². The molecule has 1 N–H and O–H groups in total. The Hall–Kier alpha value is -3.19. The van der Waals surface area contributed by atoms with Crippen molar-refractivity contribution in [3.05, 3.63) is 75.0 Å². The number of carbonyl (C=O) groups excluding carboxylic acids is 1. The summed E-state index contributed by atoms with van der Waals surface area (Å²) < 4.78 is 20.6. The van der Waals surface area contributed by atoms with Crippen LogP contribution in [-0.2, 0) is 11.2 Å². The Morgan fingerprint density at radius 1 is 1.24 bits per heavy atom. The lowest BCUT2D eigenvalue weighted by atomic mass is 9.90. The maximum atomic E-state index is 13.5. The molecule has 2 aromatic heterocycles. The number of hydrogen-bond acceptors (Lipinski definition) is 4. The van der Waals surface area contributed by atoms with Crippen LogP contribution in [0.4, 0.5) is 4.39 Å². The Kier molecular flexibility index (Phi) is 5.66. The largest absolute Gasteiger partial charge is 0.360 e. The molecule has 5 rings (SSSR count). The molecule has 0 saturated heterocycles. The predicted molar refractivity (Wildman–Crippen MR) is 125 cm³/mol. The van der Waals surface area contributed by atoms with E-state index in [9.17, 15) is 14.0 Å². The van der Waals surface area contributed by atoms with Crippen LogP contribution in [0.2, 0.25) is 5.02 Å². The molecule has 33 heavy (non-hydrogen) atoms. The maximum absolute atomic E-state index is 13.5. The summed E-state index contributed by atoms with van der Waals surface area (Å²) >= 11 is 6.51. The number of pyridine rings is 1. The van der Waals surface area contributed by atoms with Gasteiger partial charge >= 0.3 is 0 Å². The Balaban J connectivity index is 1.46. The van der Waals surface area contributed by atoms with Crippen molar-refractivity contribution >= 4 is 39.3 Å². The number of aryl methyl sites for hydroxylation is 1. The van der Waals surface area contributed by atoms with E-state index in [1.165, 1.54) is 12.1 Å². The molecule has 6 nitrogen and oxygen atoms in total. The monoisotopic (exact) mass is 467 g/mol. The molecule has 0 radical (unpaired) electrons. The third kappa shape index (κ3) is 4.02. The fourth-order valence-electron chi connectivity index (χ4n) is 4.98. The first-order valence-electron chi connectivity index (χ1n) is 11.0. The van der Waals surface area contributed by atoms with Crippen LogP contribution in [0, 0.1) is 12.7 Å². The van der Waals surface area contributed by atoms with Crippen LogP contribution < -0.4 is 10.9 Å². The number of halogens is 2. The van der Waals surface area contributed by atoms with Crippen LogP contribution in [0.5, 0.6) is 0 Å². The fourth-order valence-corrected chi connectivity index (χ4v) is 5.23. The highest BCUT2D eigenvalue weighted by molar-refractivity contribution is 6.37. The fraction of sp³-hybridized carbons (Fsp3) is 0.320. The molecule has 0 aliphatic heterocycles. The summed E-state index contributed by atoms with van der Waals surface area (Å²) in [4.78, 5) is 26.1. The summed E-state index contributed by atoms with van der Waals surface area (Å²) in [5.41, 5.74) is 1.66. The Morgan fingerprint density at radius 2 is 2.06 bits per heavy atom. The number of amides is 1. The van der Waals surface area contributed by atoms with Crippen molar-refractivity contribution in [1.29, 1.82) is 0 Å². The zero-order valence-corrected chi connectivity index (χ0v) is 18.9. The Morgan fingerprint density at radius 3 is 2.88 bits per heavy atom. The van der Waals surface area contributed by atoms with E-state index in [0.29, 0.717) is 44.6 Å². The lowest BCUT2D eigenvalue weighted by Gasteiger charge is -2.32. The number of hydrogen-bond donors (Lipinski definition) is 1. The minimum Gasteiger partial charge on any atom is -0.360 e. The van der Waals surface area contributed by atoms with Gasteiger partial charge in [-0.15, -0.1) is 0 Å². The second-order valence-electron chi connectivity index (χ2n) is 8.66. The molecule has 4 aromatic rings. The molecular formula is C25H23ClFN3O3. The molecule has 1 fully saturated rings. The molecule has 1 aliphatic rings. The van der Waals surface area contributed by atoms with Gasteiger partial charge in [-0.3, -0.25) is 9.59 Å². The standard InChI is InChI=1S/C25H23ClFN3O3/c1-14-22-24(29-33-14)23-19(26)9-4-10-20(23)30(25(22)32)18-8-3-7-17(13-18)28-21(31)12-15-5-2-6-16(27)11-15/h2,4-6,9-11,17-18H,3,7-8,12-13H2,1H3,(H,28,31). The lowest BCUT2D eigenvalue weighted by molar-refractivity contribution is -0.121. The number of nitrogens with one attached hydrogen (secondary N) is 1. The zero-order valence-electron chi connectivity index (χ0n) is 18.1. The van der Waals surface area contributed by atoms with E-state index in [4.69, 9.17) is 16.1 Å². The van der Waals surface area contributed by atoms with Gasteiger partial charge in [0.2, 0.25) is 5.91 Å². The molecule has 170 valence electrons. The van der Waals surface area contributed by atoms with Gasteiger partial charge in [0.15, 0.2) is 0 Å². The minimum atomic E-state index is -0.359. The van der Waals surface area contributed by atoms with Crippen LogP contribution in [0.15, 0.2) is 51.8 Å². The SMILES string of the molecule is Cc1onc2c1c(=O)n(C1CCCC(NC(=O)Cc3cccc(F)c3)C1)c1cccc(Cl)c21. The van der Waals surface area contributed by atoms with Crippen LogP contribution in [0.3, 0.4) is 0 Å². The molecule has 2 aromatic carbocycles. The molecular weight excluding hydrogens is 445 g/mol. The normalized spacial score (nSPS) is 18.6. The number of benzene rings is 2. The molecule has 1 saturated carbocycles. The van der Waals surface area contributed by atoms with Gasteiger partial charge < -0.3 is 14.4 Å². The van der Waals surface area contributed by atoms with Crippen LogP contribution in [-0.4, -0.2) is 21.7 Å². The Bertz CT molecular complexity index is 1430. The van der Waals surface area contributed by atoms with Gasteiger partial charge in [-0.25, -0.2) is 4.39 Å². The molecule has 0 bridgehead atoms. The highest BCUT2D eigenvalue weighted by Crippen LogP contribution is 2.35. The summed E-state index contributed by atoms with van der Waals surface area (Å²) in [6, 6.07) is 11.3. The first-order valence-corrected chi connectivity index (χ1v) is 11.4. The molecule has 2 atom stereocenters.